The first-order valence-electron chi connectivity index (χ1n) is 13.0. The van der Waals surface area contributed by atoms with Crippen molar-refractivity contribution < 1.29 is 49.3 Å². The third-order valence-corrected chi connectivity index (χ3v) is 7.75. The lowest BCUT2D eigenvalue weighted by Gasteiger charge is -2.38. The molecule has 2 aromatic carbocycles. The van der Waals surface area contributed by atoms with Crippen molar-refractivity contribution in [1.82, 2.24) is 0 Å². The van der Waals surface area contributed by atoms with Gasteiger partial charge >= 0.3 is 12.2 Å². The fourth-order valence-corrected chi connectivity index (χ4v) is 5.54. The zero-order valence-electron chi connectivity index (χ0n) is 21.3. The second-order valence-electron chi connectivity index (χ2n) is 10.6. The molecule has 39 heavy (non-hydrogen) atoms. The molecule has 0 bridgehead atoms. The lowest BCUT2D eigenvalue weighted by Crippen LogP contribution is -2.38. The minimum absolute atomic E-state index is 0.210. The van der Waals surface area contributed by atoms with E-state index in [0.29, 0.717) is 43.6 Å². The van der Waals surface area contributed by atoms with E-state index >= 15 is 0 Å². The molecule has 0 N–H and O–H groups in total. The van der Waals surface area contributed by atoms with Crippen LogP contribution in [0.4, 0.5) is 35.1 Å². The van der Waals surface area contributed by atoms with Crippen LogP contribution in [0, 0.1) is 46.9 Å². The molecule has 0 spiro atoms. The van der Waals surface area contributed by atoms with Crippen LogP contribution in [0.3, 0.4) is 0 Å². The van der Waals surface area contributed by atoms with Gasteiger partial charge < -0.3 is 14.2 Å². The largest absolute Gasteiger partial charge is 0.480 e. The predicted molar refractivity (Wildman–Crippen MR) is 126 cm³/mol. The Hall–Kier alpha value is -2.72. The van der Waals surface area contributed by atoms with Crippen LogP contribution >= 0.6 is 0 Å². The zero-order chi connectivity index (χ0) is 28.4. The highest BCUT2D eigenvalue weighted by molar-refractivity contribution is 5.33. The van der Waals surface area contributed by atoms with Crippen molar-refractivity contribution in [1.29, 1.82) is 0 Å². The number of benzene rings is 2. The quantitative estimate of drug-likeness (QED) is 0.224. The van der Waals surface area contributed by atoms with Crippen LogP contribution in [-0.4, -0.2) is 18.8 Å². The van der Waals surface area contributed by atoms with Gasteiger partial charge in [0.25, 0.3) is 0 Å². The fourth-order valence-electron chi connectivity index (χ4n) is 5.54. The van der Waals surface area contributed by atoms with Crippen molar-refractivity contribution in [3.63, 3.8) is 0 Å². The molecule has 2 aliphatic carbocycles. The van der Waals surface area contributed by atoms with Crippen LogP contribution in [0.1, 0.15) is 58.3 Å². The summed E-state index contributed by atoms with van der Waals surface area (Å²) in [6.45, 7) is 0.642. The summed E-state index contributed by atoms with van der Waals surface area (Å²) in [5, 5.41) is 0. The van der Waals surface area contributed by atoms with E-state index in [9.17, 15) is 35.1 Å². The maximum absolute atomic E-state index is 14.9. The Morgan fingerprint density at radius 1 is 0.692 bits per heavy atom. The summed E-state index contributed by atoms with van der Waals surface area (Å²) in [6.07, 6.45) is -1.14. The van der Waals surface area contributed by atoms with Crippen molar-refractivity contribution in [2.45, 2.75) is 70.5 Å². The summed E-state index contributed by atoms with van der Waals surface area (Å²) < 4.78 is 125. The van der Waals surface area contributed by atoms with Gasteiger partial charge in [0.1, 0.15) is 11.5 Å². The van der Waals surface area contributed by atoms with Gasteiger partial charge in [0.05, 0.1) is 5.92 Å². The minimum Gasteiger partial charge on any atom is -0.480 e. The van der Waals surface area contributed by atoms with E-state index in [1.165, 1.54) is 12.8 Å². The highest BCUT2D eigenvalue weighted by Gasteiger charge is 2.45. The lowest BCUT2D eigenvalue weighted by atomic mass is 9.69. The zero-order valence-corrected chi connectivity index (χ0v) is 21.3. The molecule has 0 heterocycles. The van der Waals surface area contributed by atoms with Gasteiger partial charge in [-0.25, -0.2) is 17.6 Å². The highest BCUT2D eigenvalue weighted by atomic mass is 19.3. The number of alkyl halides is 4. The molecule has 4 rings (SSSR count). The summed E-state index contributed by atoms with van der Waals surface area (Å²) in [6, 6.07) is 2.83. The monoisotopic (exact) mass is 566 g/mol. The average Bonchev–Trinajstić information content (AvgIpc) is 2.87. The molecule has 0 radical (unpaired) electrons. The average molecular weight is 567 g/mol. The smallest absolute Gasteiger partial charge is 0.433 e. The Bertz CT molecular complexity index is 1100. The SMILES string of the molecule is CC1CCC(C2CCC(C(F)(F)Oc3ccc(OCC(F)(F)Oc4cc(F)c(F)c(F)c4)c(F)c3)CC2)CC1. The number of rotatable bonds is 9. The van der Waals surface area contributed by atoms with Crippen LogP contribution < -0.4 is 14.2 Å². The fraction of sp³-hybridized carbons (Fsp3) is 0.571. The van der Waals surface area contributed by atoms with Crippen molar-refractivity contribution in [2.75, 3.05) is 6.61 Å². The molecule has 0 atom stereocenters. The lowest BCUT2D eigenvalue weighted by molar-refractivity contribution is -0.224. The van der Waals surface area contributed by atoms with Crippen molar-refractivity contribution in [3.8, 4) is 17.2 Å². The number of ether oxygens (including phenoxy) is 3. The maximum atomic E-state index is 14.9. The molecule has 2 aliphatic rings. The molecule has 0 aliphatic heterocycles. The van der Waals surface area contributed by atoms with Gasteiger partial charge in [-0.05, 0) is 68.4 Å². The first-order valence-corrected chi connectivity index (χ1v) is 13.0. The van der Waals surface area contributed by atoms with Crippen LogP contribution in [-0.2, 0) is 0 Å². The molecule has 2 aromatic rings. The summed E-state index contributed by atoms with van der Waals surface area (Å²) >= 11 is 0. The maximum Gasteiger partial charge on any atom is 0.433 e. The minimum atomic E-state index is -4.19. The Morgan fingerprint density at radius 3 is 1.79 bits per heavy atom. The van der Waals surface area contributed by atoms with Gasteiger partial charge in [0.2, 0.25) is 0 Å². The van der Waals surface area contributed by atoms with Crippen LogP contribution in [0.2, 0.25) is 0 Å². The predicted octanol–water partition coefficient (Wildman–Crippen LogP) is 8.90. The normalized spacial score (nSPS) is 24.3. The first kappa shape index (κ1) is 29.3. The highest BCUT2D eigenvalue weighted by Crippen LogP contribution is 2.45. The molecular formula is C28H30F8O3. The van der Waals surface area contributed by atoms with Gasteiger partial charge in [-0.15, -0.1) is 0 Å². The third kappa shape index (κ3) is 7.48. The molecule has 0 aromatic heterocycles. The Balaban J connectivity index is 1.29. The van der Waals surface area contributed by atoms with E-state index in [-0.39, 0.29) is 12.1 Å². The van der Waals surface area contributed by atoms with Gasteiger partial charge in [-0.2, -0.15) is 17.6 Å². The summed E-state index contributed by atoms with van der Waals surface area (Å²) in [5.74, 6) is -8.11. The van der Waals surface area contributed by atoms with E-state index in [1.807, 2.05) is 0 Å². The van der Waals surface area contributed by atoms with Crippen molar-refractivity contribution >= 4 is 0 Å². The Labute approximate surface area is 221 Å². The molecule has 0 unspecified atom stereocenters. The second kappa shape index (κ2) is 11.8. The van der Waals surface area contributed by atoms with E-state index in [0.717, 1.165) is 30.9 Å². The van der Waals surface area contributed by atoms with E-state index in [2.05, 4.69) is 16.4 Å². The Kier molecular flexibility index (Phi) is 8.85. The Morgan fingerprint density at radius 2 is 1.23 bits per heavy atom. The molecule has 2 saturated carbocycles. The topological polar surface area (TPSA) is 27.7 Å². The number of halogens is 8. The van der Waals surface area contributed by atoms with E-state index in [4.69, 9.17) is 4.74 Å². The van der Waals surface area contributed by atoms with Crippen molar-refractivity contribution in [2.24, 2.45) is 23.7 Å². The van der Waals surface area contributed by atoms with Gasteiger partial charge in [0, 0.05) is 18.2 Å². The molecule has 11 heteroatoms. The van der Waals surface area contributed by atoms with E-state index < -0.39 is 65.3 Å². The van der Waals surface area contributed by atoms with Gasteiger partial charge in [0.15, 0.2) is 35.6 Å². The van der Waals surface area contributed by atoms with Crippen molar-refractivity contribution in [3.05, 3.63) is 53.6 Å². The molecule has 3 nitrogen and oxygen atoms in total. The number of hydrogen-bond donors (Lipinski definition) is 0. The van der Waals surface area contributed by atoms with Crippen LogP contribution in [0.5, 0.6) is 17.2 Å². The number of hydrogen-bond acceptors (Lipinski definition) is 3. The standard InChI is InChI=1S/C28H30F8O3/c1-16-2-4-17(5-3-16)18-6-8-19(9-7-18)28(35,36)39-20-10-11-25(22(29)12-20)37-15-27(33,34)38-21-13-23(30)26(32)24(31)14-21/h10-14,16-19H,2-9,15H2,1H3. The summed E-state index contributed by atoms with van der Waals surface area (Å²) in [4.78, 5) is 0. The molecule has 0 saturated heterocycles. The molecular weight excluding hydrogens is 536 g/mol. The molecule has 0 amide bonds. The summed E-state index contributed by atoms with van der Waals surface area (Å²) in [7, 11) is 0. The third-order valence-electron chi connectivity index (χ3n) is 7.75. The van der Waals surface area contributed by atoms with Gasteiger partial charge in [-0.3, -0.25) is 0 Å². The second-order valence-corrected chi connectivity index (χ2v) is 10.6. The van der Waals surface area contributed by atoms with Gasteiger partial charge in [-0.1, -0.05) is 19.8 Å². The van der Waals surface area contributed by atoms with E-state index in [1.54, 1.807) is 0 Å². The van der Waals surface area contributed by atoms with Crippen LogP contribution in [0.15, 0.2) is 30.3 Å². The molecule has 2 fully saturated rings. The molecule has 216 valence electrons. The summed E-state index contributed by atoms with van der Waals surface area (Å²) in [5.41, 5.74) is 0. The first-order chi connectivity index (χ1) is 18.3. The van der Waals surface area contributed by atoms with Crippen LogP contribution in [0.25, 0.3) is 0 Å².